The fraction of sp³-hybridized carbons (Fsp3) is 0.0741. The summed E-state index contributed by atoms with van der Waals surface area (Å²) in [6, 6.07) is 15.3. The topological polar surface area (TPSA) is 146 Å². The van der Waals surface area contributed by atoms with Gasteiger partial charge >= 0.3 is 6.03 Å². The lowest BCUT2D eigenvalue weighted by molar-refractivity contribution is -0.110. The maximum absolute atomic E-state index is 13.8. The van der Waals surface area contributed by atoms with Crippen molar-refractivity contribution in [3.8, 4) is 22.8 Å². The lowest BCUT2D eigenvalue weighted by Crippen LogP contribution is -2.27. The number of hydrogen-bond acceptors (Lipinski definition) is 7. The molecule has 0 aliphatic carbocycles. The van der Waals surface area contributed by atoms with Crippen molar-refractivity contribution in [2.24, 2.45) is 0 Å². The number of aromatic nitrogens is 2. The Kier molecular flexibility index (Phi) is 7.57. The predicted molar refractivity (Wildman–Crippen MR) is 143 cm³/mol. The van der Waals surface area contributed by atoms with E-state index in [1.807, 2.05) is 0 Å². The second-order valence-corrected chi connectivity index (χ2v) is 8.34. The second-order valence-electron chi connectivity index (χ2n) is 8.34. The van der Waals surface area contributed by atoms with Gasteiger partial charge in [0.05, 0.1) is 23.8 Å². The minimum Gasteiger partial charge on any atom is -0.436 e. The van der Waals surface area contributed by atoms with Gasteiger partial charge in [0.2, 0.25) is 5.88 Å². The van der Waals surface area contributed by atoms with Gasteiger partial charge in [0.15, 0.2) is 11.6 Å². The molecule has 11 heteroatoms. The maximum atomic E-state index is 13.8. The zero-order chi connectivity index (χ0) is 27.2. The molecule has 4 rings (SSSR count). The summed E-state index contributed by atoms with van der Waals surface area (Å²) in [6.45, 7) is 0. The molecule has 0 saturated heterocycles. The van der Waals surface area contributed by atoms with E-state index in [1.54, 1.807) is 56.7 Å². The molecule has 0 saturated carbocycles. The Hall–Kier alpha value is -5.32. The third-order valence-electron chi connectivity index (χ3n) is 5.32. The van der Waals surface area contributed by atoms with Crippen LogP contribution in [-0.4, -0.2) is 46.6 Å². The number of pyridine rings is 2. The predicted octanol–water partition coefficient (Wildman–Crippen LogP) is 4.76. The maximum Gasteiger partial charge on any atom is 0.321 e. The van der Waals surface area contributed by atoms with Gasteiger partial charge in [-0.15, -0.1) is 0 Å². The number of hydrogen-bond donors (Lipinski definition) is 4. The van der Waals surface area contributed by atoms with Gasteiger partial charge in [0.25, 0.3) is 5.91 Å². The molecule has 5 N–H and O–H groups in total. The summed E-state index contributed by atoms with van der Waals surface area (Å²) in [5, 5.41) is 13.7. The summed E-state index contributed by atoms with van der Waals surface area (Å²) in [6.07, 6.45) is 4.44. The molecule has 38 heavy (non-hydrogen) atoms. The number of ether oxygens (including phenoxy) is 1. The van der Waals surface area contributed by atoms with Crippen molar-refractivity contribution in [1.82, 2.24) is 14.9 Å². The van der Waals surface area contributed by atoms with Crippen LogP contribution in [0.2, 0.25) is 0 Å². The third kappa shape index (κ3) is 6.08. The van der Waals surface area contributed by atoms with Gasteiger partial charge in [0, 0.05) is 43.2 Å². The van der Waals surface area contributed by atoms with E-state index in [4.69, 9.17) is 15.9 Å². The number of carbonyl (C=O) groups excluding carboxylic acids is 2. The van der Waals surface area contributed by atoms with Crippen molar-refractivity contribution in [3.63, 3.8) is 0 Å². The number of anilines is 3. The van der Waals surface area contributed by atoms with Crippen molar-refractivity contribution in [1.29, 1.82) is 5.41 Å². The minimum absolute atomic E-state index is 0.0229. The third-order valence-corrected chi connectivity index (χ3v) is 5.32. The van der Waals surface area contributed by atoms with Crippen LogP contribution in [0.1, 0.15) is 5.56 Å². The Morgan fingerprint density at radius 1 is 0.947 bits per heavy atom. The van der Waals surface area contributed by atoms with Crippen LogP contribution in [0, 0.1) is 11.2 Å². The van der Waals surface area contributed by atoms with Gasteiger partial charge in [-0.3, -0.25) is 15.2 Å². The summed E-state index contributed by atoms with van der Waals surface area (Å²) < 4.78 is 19.2. The van der Waals surface area contributed by atoms with E-state index in [0.29, 0.717) is 22.5 Å². The molecule has 2 aromatic heterocycles. The monoisotopic (exact) mass is 513 g/mol. The first kappa shape index (κ1) is 25.8. The number of nitrogen functional groups attached to an aromatic ring is 1. The molecule has 192 valence electrons. The number of para-hydroxylation sites is 1. The van der Waals surface area contributed by atoms with Crippen LogP contribution in [0.15, 0.2) is 79.3 Å². The van der Waals surface area contributed by atoms with Gasteiger partial charge in [-0.25, -0.2) is 14.2 Å². The lowest BCUT2D eigenvalue weighted by atomic mass is 10.00. The van der Waals surface area contributed by atoms with Gasteiger partial charge in [-0.05, 0) is 42.0 Å². The average molecular weight is 514 g/mol. The molecule has 10 nitrogen and oxygen atoms in total. The summed E-state index contributed by atoms with van der Waals surface area (Å²) in [7, 11) is 3.25. The summed E-state index contributed by atoms with van der Waals surface area (Å²) in [4.78, 5) is 34.4. The van der Waals surface area contributed by atoms with E-state index in [-0.39, 0.29) is 34.6 Å². The summed E-state index contributed by atoms with van der Waals surface area (Å²) in [5.74, 6) is -1.07. The number of rotatable bonds is 7. The van der Waals surface area contributed by atoms with E-state index < -0.39 is 11.7 Å². The molecule has 3 amide bonds. The van der Waals surface area contributed by atoms with Crippen molar-refractivity contribution in [2.45, 2.75) is 0 Å². The van der Waals surface area contributed by atoms with Crippen molar-refractivity contribution in [3.05, 3.63) is 90.6 Å². The van der Waals surface area contributed by atoms with Crippen LogP contribution in [0.5, 0.6) is 11.6 Å². The number of carbonyl (C=O) groups is 2. The van der Waals surface area contributed by atoms with Crippen LogP contribution in [-0.2, 0) is 4.79 Å². The molecule has 2 aromatic carbocycles. The molecule has 0 bridgehead atoms. The van der Waals surface area contributed by atoms with Crippen molar-refractivity contribution in [2.75, 3.05) is 30.5 Å². The van der Waals surface area contributed by atoms with Crippen LogP contribution in [0.4, 0.5) is 26.2 Å². The van der Waals surface area contributed by atoms with Crippen LogP contribution < -0.4 is 21.1 Å². The molecule has 0 fully saturated rings. The van der Waals surface area contributed by atoms with Crippen LogP contribution in [0.25, 0.3) is 11.1 Å². The normalized spacial score (nSPS) is 10.4. The van der Waals surface area contributed by atoms with E-state index in [2.05, 4.69) is 20.6 Å². The first-order valence-corrected chi connectivity index (χ1v) is 11.3. The SMILES string of the molecule is CN(C)C(=O)Nc1cncc(-c2ccc(N)c(C(=N)C(=O)Nc3ccc(Oc4ccccc4F)nc3)c2)c1. The second kappa shape index (κ2) is 11.2. The van der Waals surface area contributed by atoms with Gasteiger partial charge in [-0.1, -0.05) is 18.2 Å². The number of amides is 3. The Labute approximate surface area is 217 Å². The number of nitrogens with one attached hydrogen (secondary N) is 3. The number of halogens is 1. The summed E-state index contributed by atoms with van der Waals surface area (Å²) >= 11 is 0. The zero-order valence-corrected chi connectivity index (χ0v) is 20.5. The van der Waals surface area contributed by atoms with Gasteiger partial charge in [0.1, 0.15) is 5.71 Å². The number of benzene rings is 2. The van der Waals surface area contributed by atoms with Crippen LogP contribution in [0.3, 0.4) is 0 Å². The number of urea groups is 1. The Morgan fingerprint density at radius 2 is 1.74 bits per heavy atom. The van der Waals surface area contributed by atoms with E-state index >= 15 is 0 Å². The van der Waals surface area contributed by atoms with Gasteiger partial charge in [-0.2, -0.15) is 0 Å². The molecule has 0 spiro atoms. The Morgan fingerprint density at radius 3 is 2.45 bits per heavy atom. The molecule has 0 atom stereocenters. The van der Waals surface area contributed by atoms with Gasteiger partial charge < -0.3 is 26.0 Å². The molecular weight excluding hydrogens is 489 g/mol. The minimum atomic E-state index is -0.705. The highest BCUT2D eigenvalue weighted by Crippen LogP contribution is 2.27. The van der Waals surface area contributed by atoms with Crippen molar-refractivity contribution < 1.29 is 18.7 Å². The van der Waals surface area contributed by atoms with E-state index in [0.717, 1.165) is 0 Å². The average Bonchev–Trinajstić information content (AvgIpc) is 2.91. The molecule has 4 aromatic rings. The zero-order valence-electron chi connectivity index (χ0n) is 20.5. The Bertz CT molecular complexity index is 1510. The highest BCUT2D eigenvalue weighted by atomic mass is 19.1. The quantitative estimate of drug-likeness (QED) is 0.207. The molecular formula is C27H24FN7O3. The molecule has 0 aliphatic heterocycles. The van der Waals surface area contributed by atoms with E-state index in [9.17, 15) is 14.0 Å². The number of nitrogens with two attached hydrogens (primary N) is 1. The fourth-order valence-corrected chi connectivity index (χ4v) is 3.32. The van der Waals surface area contributed by atoms with Crippen molar-refractivity contribution >= 4 is 34.7 Å². The lowest BCUT2D eigenvalue weighted by Gasteiger charge is -2.13. The van der Waals surface area contributed by atoms with E-state index in [1.165, 1.54) is 41.6 Å². The summed E-state index contributed by atoms with van der Waals surface area (Å²) in [5.41, 5.74) is 8.28. The molecule has 0 unspecified atom stereocenters. The molecule has 0 aliphatic rings. The Balaban J connectivity index is 1.47. The largest absolute Gasteiger partial charge is 0.436 e. The first-order chi connectivity index (χ1) is 18.2. The number of nitrogens with zero attached hydrogens (tertiary/aromatic N) is 3. The fourth-order valence-electron chi connectivity index (χ4n) is 3.32. The molecule has 2 heterocycles. The standard InChI is InChI=1S/C27H24FN7O3/c1-35(2)27(37)34-19-11-17(13-31-14-19)16-7-9-22(29)20(12-16)25(30)26(36)33-18-8-10-24(32-15-18)38-23-6-4-3-5-21(23)28/h3-15,30H,29H2,1-2H3,(H,33,36)(H,34,37). The molecule has 0 radical (unpaired) electrons. The smallest absolute Gasteiger partial charge is 0.321 e. The first-order valence-electron chi connectivity index (χ1n) is 11.3. The highest BCUT2D eigenvalue weighted by molar-refractivity contribution is 6.48. The van der Waals surface area contributed by atoms with Crippen LogP contribution >= 0.6 is 0 Å². The highest BCUT2D eigenvalue weighted by Gasteiger charge is 2.17.